The molecule has 0 N–H and O–H groups in total. The summed E-state index contributed by atoms with van der Waals surface area (Å²) in [5.41, 5.74) is 1.71. The first kappa shape index (κ1) is 21.3. The second kappa shape index (κ2) is 8.54. The number of methoxy groups -OCH3 is 1. The summed E-state index contributed by atoms with van der Waals surface area (Å²) in [6.07, 6.45) is 5.88. The topological polar surface area (TPSA) is 61.8 Å². The summed E-state index contributed by atoms with van der Waals surface area (Å²) < 4.78 is 16.9. The molecule has 2 aliphatic rings. The molecule has 0 amide bonds. The molecule has 0 spiro atoms. The van der Waals surface area contributed by atoms with E-state index in [2.05, 4.69) is 13.5 Å². The highest BCUT2D eigenvalue weighted by molar-refractivity contribution is 5.94. The minimum absolute atomic E-state index is 0.102. The molecule has 2 unspecified atom stereocenters. The number of ketones is 1. The van der Waals surface area contributed by atoms with Crippen molar-refractivity contribution in [2.45, 2.75) is 45.6 Å². The molecule has 0 radical (unpaired) electrons. The molecule has 1 fully saturated rings. The van der Waals surface area contributed by atoms with Crippen LogP contribution in [0.1, 0.15) is 39.2 Å². The summed E-state index contributed by atoms with van der Waals surface area (Å²) in [7, 11) is 1.55. The zero-order valence-electron chi connectivity index (χ0n) is 17.7. The highest BCUT2D eigenvalue weighted by Gasteiger charge is 2.50. The molecule has 0 bridgehead atoms. The van der Waals surface area contributed by atoms with Crippen LogP contribution in [0.5, 0.6) is 11.5 Å². The number of hydrogen-bond acceptors (Lipinski definition) is 5. The minimum atomic E-state index is -0.433. The minimum Gasteiger partial charge on any atom is -0.493 e. The third-order valence-corrected chi connectivity index (χ3v) is 6.31. The molecule has 4 atom stereocenters. The van der Waals surface area contributed by atoms with Gasteiger partial charge in [0.05, 0.1) is 19.3 Å². The molecule has 1 aliphatic heterocycles. The van der Waals surface area contributed by atoms with Gasteiger partial charge in [-0.05, 0) is 60.4 Å². The number of rotatable bonds is 7. The zero-order valence-corrected chi connectivity index (χ0v) is 17.7. The van der Waals surface area contributed by atoms with Gasteiger partial charge in [-0.1, -0.05) is 26.0 Å². The SMILES string of the molecule is C=CC(C)[C@H]1C[C@]2(C(C)Cc3ccc(OC)c(OC(C)=O)c3)OCCC2=CC1=O. The number of fused-ring (bicyclic) bond motifs is 1. The van der Waals surface area contributed by atoms with Gasteiger partial charge in [-0.25, -0.2) is 0 Å². The molecule has 5 heteroatoms. The summed E-state index contributed by atoms with van der Waals surface area (Å²) >= 11 is 0. The summed E-state index contributed by atoms with van der Waals surface area (Å²) in [5, 5.41) is 0. The van der Waals surface area contributed by atoms with Crippen molar-refractivity contribution < 1.29 is 23.8 Å². The van der Waals surface area contributed by atoms with E-state index in [4.69, 9.17) is 14.2 Å². The largest absolute Gasteiger partial charge is 0.493 e. The van der Waals surface area contributed by atoms with E-state index in [1.54, 1.807) is 7.11 Å². The maximum Gasteiger partial charge on any atom is 0.308 e. The van der Waals surface area contributed by atoms with Crippen LogP contribution in [-0.4, -0.2) is 31.1 Å². The van der Waals surface area contributed by atoms with Gasteiger partial charge in [0.1, 0.15) is 0 Å². The maximum absolute atomic E-state index is 12.6. The highest BCUT2D eigenvalue weighted by Crippen LogP contribution is 2.48. The molecule has 156 valence electrons. The zero-order chi connectivity index (χ0) is 21.2. The lowest BCUT2D eigenvalue weighted by molar-refractivity contribution is -0.132. The Hall–Kier alpha value is -2.40. The lowest BCUT2D eigenvalue weighted by Gasteiger charge is -2.42. The van der Waals surface area contributed by atoms with Crippen LogP contribution in [-0.2, 0) is 20.7 Å². The Morgan fingerprint density at radius 3 is 2.79 bits per heavy atom. The number of carbonyl (C=O) groups is 2. The van der Waals surface area contributed by atoms with Gasteiger partial charge in [-0.2, -0.15) is 0 Å². The Morgan fingerprint density at radius 2 is 2.14 bits per heavy atom. The van der Waals surface area contributed by atoms with E-state index in [0.717, 1.165) is 24.0 Å². The van der Waals surface area contributed by atoms with Gasteiger partial charge >= 0.3 is 5.97 Å². The van der Waals surface area contributed by atoms with Crippen molar-refractivity contribution in [1.82, 2.24) is 0 Å². The second-order valence-corrected chi connectivity index (χ2v) is 8.15. The van der Waals surface area contributed by atoms with Crippen LogP contribution in [0.25, 0.3) is 0 Å². The molecule has 3 rings (SSSR count). The van der Waals surface area contributed by atoms with Gasteiger partial charge in [0.15, 0.2) is 17.3 Å². The normalized spacial score (nSPS) is 25.6. The number of ether oxygens (including phenoxy) is 3. The predicted octanol–water partition coefficient (Wildman–Crippen LogP) is 4.30. The van der Waals surface area contributed by atoms with E-state index < -0.39 is 5.60 Å². The van der Waals surface area contributed by atoms with Crippen molar-refractivity contribution in [3.63, 3.8) is 0 Å². The average molecular weight is 398 g/mol. The monoisotopic (exact) mass is 398 g/mol. The molecule has 1 aromatic rings. The van der Waals surface area contributed by atoms with E-state index in [0.29, 0.717) is 24.5 Å². The lowest BCUT2D eigenvalue weighted by Crippen LogP contribution is -2.46. The third-order valence-electron chi connectivity index (χ3n) is 6.31. The lowest BCUT2D eigenvalue weighted by atomic mass is 9.67. The Labute approximate surface area is 172 Å². The van der Waals surface area contributed by atoms with Gasteiger partial charge in [-0.15, -0.1) is 6.58 Å². The van der Waals surface area contributed by atoms with Gasteiger partial charge in [0, 0.05) is 12.8 Å². The standard InChI is InChI=1S/C24H30O5/c1-6-15(2)20-14-24(19(9-10-28-24)13-21(20)26)16(3)11-18-7-8-22(27-5)23(12-18)29-17(4)25/h6-8,12-13,15-16,20H,1,9-11,14H2,2-5H3/t15?,16?,20-,24-/m1/s1. The average Bonchev–Trinajstić information content (AvgIpc) is 3.10. The molecule has 5 nitrogen and oxygen atoms in total. The molecular weight excluding hydrogens is 368 g/mol. The quantitative estimate of drug-likeness (QED) is 0.389. The van der Waals surface area contributed by atoms with Crippen molar-refractivity contribution in [1.29, 1.82) is 0 Å². The highest BCUT2D eigenvalue weighted by atomic mass is 16.6. The number of hydrogen-bond donors (Lipinski definition) is 0. The predicted molar refractivity (Wildman–Crippen MR) is 111 cm³/mol. The summed E-state index contributed by atoms with van der Waals surface area (Å²) in [6.45, 7) is 10.1. The summed E-state index contributed by atoms with van der Waals surface area (Å²) in [5.74, 6) is 0.889. The Kier molecular flexibility index (Phi) is 6.27. The maximum atomic E-state index is 12.6. The molecule has 29 heavy (non-hydrogen) atoms. The van der Waals surface area contributed by atoms with E-state index >= 15 is 0 Å². The van der Waals surface area contributed by atoms with Gasteiger partial charge in [-0.3, -0.25) is 9.59 Å². The van der Waals surface area contributed by atoms with Crippen LogP contribution in [0.2, 0.25) is 0 Å². The van der Waals surface area contributed by atoms with E-state index in [1.165, 1.54) is 6.92 Å². The number of allylic oxidation sites excluding steroid dienone is 2. The first-order valence-corrected chi connectivity index (χ1v) is 10.2. The van der Waals surface area contributed by atoms with Crippen molar-refractivity contribution in [3.8, 4) is 11.5 Å². The smallest absolute Gasteiger partial charge is 0.308 e. The van der Waals surface area contributed by atoms with Crippen LogP contribution in [0, 0.1) is 17.8 Å². The van der Waals surface area contributed by atoms with Crippen molar-refractivity contribution in [3.05, 3.63) is 48.1 Å². The van der Waals surface area contributed by atoms with E-state index in [9.17, 15) is 9.59 Å². The Balaban J connectivity index is 1.88. The molecule has 0 saturated carbocycles. The summed E-state index contributed by atoms with van der Waals surface area (Å²) in [6, 6.07) is 5.65. The molecular formula is C24H30O5. The fourth-order valence-corrected chi connectivity index (χ4v) is 4.61. The van der Waals surface area contributed by atoms with Crippen molar-refractivity contribution >= 4 is 11.8 Å². The summed E-state index contributed by atoms with van der Waals surface area (Å²) in [4.78, 5) is 24.1. The number of esters is 1. The molecule has 1 saturated heterocycles. The van der Waals surface area contributed by atoms with Gasteiger partial charge in [0.25, 0.3) is 0 Å². The van der Waals surface area contributed by atoms with Gasteiger partial charge in [0.2, 0.25) is 0 Å². The first-order chi connectivity index (χ1) is 13.8. The van der Waals surface area contributed by atoms with Crippen molar-refractivity contribution in [2.75, 3.05) is 13.7 Å². The van der Waals surface area contributed by atoms with E-state index in [-0.39, 0.29) is 29.5 Å². The number of benzene rings is 1. The van der Waals surface area contributed by atoms with Crippen LogP contribution >= 0.6 is 0 Å². The Bertz CT molecular complexity index is 840. The molecule has 1 heterocycles. The van der Waals surface area contributed by atoms with Crippen LogP contribution in [0.15, 0.2) is 42.5 Å². The van der Waals surface area contributed by atoms with Crippen LogP contribution in [0.3, 0.4) is 0 Å². The first-order valence-electron chi connectivity index (χ1n) is 10.2. The Morgan fingerprint density at radius 1 is 1.38 bits per heavy atom. The fraction of sp³-hybridized carbons (Fsp3) is 0.500. The third kappa shape index (κ3) is 4.15. The van der Waals surface area contributed by atoms with Crippen LogP contribution < -0.4 is 9.47 Å². The fourth-order valence-electron chi connectivity index (χ4n) is 4.61. The van der Waals surface area contributed by atoms with Gasteiger partial charge < -0.3 is 14.2 Å². The second-order valence-electron chi connectivity index (χ2n) is 8.15. The molecule has 1 aliphatic carbocycles. The molecule has 1 aromatic carbocycles. The van der Waals surface area contributed by atoms with E-state index in [1.807, 2.05) is 37.3 Å². The van der Waals surface area contributed by atoms with Crippen LogP contribution in [0.4, 0.5) is 0 Å². The van der Waals surface area contributed by atoms with Crippen molar-refractivity contribution in [2.24, 2.45) is 17.8 Å². The molecule has 0 aromatic heterocycles. The number of carbonyl (C=O) groups excluding carboxylic acids is 2.